The molecule has 0 fully saturated rings. The van der Waals surface area contributed by atoms with E-state index in [0.29, 0.717) is 30.5 Å². The van der Waals surface area contributed by atoms with Crippen molar-refractivity contribution in [3.8, 4) is 0 Å². The number of hydrogen-bond acceptors (Lipinski definition) is 6. The average molecular weight is 369 g/mol. The lowest BCUT2D eigenvalue weighted by molar-refractivity contribution is -0.116. The van der Waals surface area contributed by atoms with Crippen molar-refractivity contribution in [1.82, 2.24) is 15.0 Å². The summed E-state index contributed by atoms with van der Waals surface area (Å²) in [5.74, 6) is 0.587. The van der Waals surface area contributed by atoms with Crippen molar-refractivity contribution in [3.05, 3.63) is 41.2 Å². The van der Waals surface area contributed by atoms with E-state index in [-0.39, 0.29) is 5.91 Å². The van der Waals surface area contributed by atoms with E-state index >= 15 is 0 Å². The summed E-state index contributed by atoms with van der Waals surface area (Å²) in [5.41, 5.74) is 4.06. The third-order valence-corrected chi connectivity index (χ3v) is 4.89. The molecule has 26 heavy (non-hydrogen) atoms. The van der Waals surface area contributed by atoms with Gasteiger partial charge in [-0.3, -0.25) is 4.79 Å². The zero-order valence-electron chi connectivity index (χ0n) is 15.3. The smallest absolute Gasteiger partial charge is 0.226 e. The summed E-state index contributed by atoms with van der Waals surface area (Å²) in [6.45, 7) is 6.65. The molecular formula is C19H23N5OS. The zero-order chi connectivity index (χ0) is 18.5. The Labute approximate surface area is 157 Å². The molecule has 0 unspecified atom stereocenters. The Morgan fingerprint density at radius 1 is 1.12 bits per heavy atom. The second-order valence-electron chi connectivity index (χ2n) is 6.23. The predicted octanol–water partition coefficient (Wildman–Crippen LogP) is 4.10. The number of carbonyl (C=O) groups is 1. The van der Waals surface area contributed by atoms with Gasteiger partial charge < -0.3 is 10.6 Å². The Kier molecular flexibility index (Phi) is 5.78. The van der Waals surface area contributed by atoms with Crippen molar-refractivity contribution >= 4 is 38.5 Å². The summed E-state index contributed by atoms with van der Waals surface area (Å²) < 4.78 is 1.10. The molecule has 0 atom stereocenters. The Morgan fingerprint density at radius 2 is 1.88 bits per heavy atom. The quantitative estimate of drug-likeness (QED) is 0.613. The molecule has 2 aromatic heterocycles. The second-order valence-corrected chi connectivity index (χ2v) is 7.26. The topological polar surface area (TPSA) is 79.8 Å². The number of fused-ring (bicyclic) bond motifs is 1. The Hall–Kier alpha value is -2.54. The number of aryl methyl sites for hydroxylation is 3. The Morgan fingerprint density at radius 3 is 2.62 bits per heavy atom. The van der Waals surface area contributed by atoms with Crippen LogP contribution in [0.25, 0.3) is 10.2 Å². The normalized spacial score (nSPS) is 10.9. The van der Waals surface area contributed by atoms with Crippen LogP contribution in [0.1, 0.15) is 36.7 Å². The molecule has 0 aliphatic rings. The van der Waals surface area contributed by atoms with Crippen LogP contribution in [0.5, 0.6) is 0 Å². The molecule has 0 aliphatic carbocycles. The summed E-state index contributed by atoms with van der Waals surface area (Å²) in [6.07, 6.45) is 2.12. The van der Waals surface area contributed by atoms with Crippen molar-refractivity contribution in [2.45, 2.75) is 40.0 Å². The van der Waals surface area contributed by atoms with E-state index in [0.717, 1.165) is 28.0 Å². The van der Waals surface area contributed by atoms with Gasteiger partial charge in [0.15, 0.2) is 5.13 Å². The molecule has 0 aliphatic heterocycles. The maximum atomic E-state index is 12.1. The molecule has 136 valence electrons. The van der Waals surface area contributed by atoms with Crippen molar-refractivity contribution in [2.75, 3.05) is 17.2 Å². The SMILES string of the molecule is CCc1ccc2nc(NC(=O)CCCNc3nc(C)cc(C)n3)sc2c1. The fourth-order valence-corrected chi connectivity index (χ4v) is 3.62. The molecule has 2 heterocycles. The van der Waals surface area contributed by atoms with Gasteiger partial charge in [0.2, 0.25) is 11.9 Å². The molecule has 6 nitrogen and oxygen atoms in total. The molecule has 0 saturated carbocycles. The maximum absolute atomic E-state index is 12.1. The lowest BCUT2D eigenvalue weighted by atomic mass is 10.2. The van der Waals surface area contributed by atoms with Gasteiger partial charge in [-0.15, -0.1) is 0 Å². The molecule has 3 rings (SSSR count). The molecule has 3 aromatic rings. The first-order valence-electron chi connectivity index (χ1n) is 8.79. The highest BCUT2D eigenvalue weighted by molar-refractivity contribution is 7.22. The number of benzene rings is 1. The van der Waals surface area contributed by atoms with Gasteiger partial charge in [-0.05, 0) is 50.5 Å². The molecular weight excluding hydrogens is 346 g/mol. The number of anilines is 2. The van der Waals surface area contributed by atoms with Crippen LogP contribution in [0.4, 0.5) is 11.1 Å². The van der Waals surface area contributed by atoms with Crippen LogP contribution >= 0.6 is 11.3 Å². The Bertz CT molecular complexity index is 901. The fourth-order valence-electron chi connectivity index (χ4n) is 2.68. The summed E-state index contributed by atoms with van der Waals surface area (Å²) in [4.78, 5) is 25.3. The molecule has 7 heteroatoms. The van der Waals surface area contributed by atoms with Gasteiger partial charge in [-0.2, -0.15) is 0 Å². The first kappa shape index (κ1) is 18.3. The molecule has 2 N–H and O–H groups in total. The van der Waals surface area contributed by atoms with Gasteiger partial charge in [-0.1, -0.05) is 24.3 Å². The van der Waals surface area contributed by atoms with Gasteiger partial charge in [0.05, 0.1) is 10.2 Å². The van der Waals surface area contributed by atoms with E-state index in [1.54, 1.807) is 0 Å². The summed E-state index contributed by atoms with van der Waals surface area (Å²) in [5, 5.41) is 6.72. The van der Waals surface area contributed by atoms with Gasteiger partial charge >= 0.3 is 0 Å². The van der Waals surface area contributed by atoms with E-state index < -0.39 is 0 Å². The number of carbonyl (C=O) groups excluding carboxylic acids is 1. The highest BCUT2D eigenvalue weighted by atomic mass is 32.1. The first-order valence-corrected chi connectivity index (χ1v) is 9.60. The predicted molar refractivity (Wildman–Crippen MR) is 107 cm³/mol. The standard InChI is InChI=1S/C19H23N5OS/c1-4-14-7-8-15-16(11-14)26-19(23-15)24-17(25)6-5-9-20-18-21-12(2)10-13(3)22-18/h7-8,10-11H,4-6,9H2,1-3H3,(H,20,21,22)(H,23,24,25). The molecule has 0 bridgehead atoms. The third-order valence-electron chi connectivity index (χ3n) is 3.95. The summed E-state index contributed by atoms with van der Waals surface area (Å²) >= 11 is 1.52. The minimum atomic E-state index is -0.0251. The van der Waals surface area contributed by atoms with Gasteiger partial charge in [0.25, 0.3) is 0 Å². The number of nitrogens with zero attached hydrogens (tertiary/aromatic N) is 3. The second kappa shape index (κ2) is 8.23. The highest BCUT2D eigenvalue weighted by Gasteiger charge is 2.08. The Balaban J connectivity index is 1.48. The van der Waals surface area contributed by atoms with Crippen LogP contribution in [-0.4, -0.2) is 27.4 Å². The lowest BCUT2D eigenvalue weighted by Gasteiger charge is -2.06. The van der Waals surface area contributed by atoms with Crippen molar-refractivity contribution in [2.24, 2.45) is 0 Å². The number of amides is 1. The zero-order valence-corrected chi connectivity index (χ0v) is 16.1. The minimum Gasteiger partial charge on any atom is -0.354 e. The van der Waals surface area contributed by atoms with Crippen molar-refractivity contribution < 1.29 is 4.79 Å². The van der Waals surface area contributed by atoms with Crippen LogP contribution in [0.2, 0.25) is 0 Å². The highest BCUT2D eigenvalue weighted by Crippen LogP contribution is 2.27. The third kappa shape index (κ3) is 4.76. The maximum Gasteiger partial charge on any atom is 0.226 e. The summed E-state index contributed by atoms with van der Waals surface area (Å²) in [6, 6.07) is 8.15. The largest absolute Gasteiger partial charge is 0.354 e. The molecule has 0 spiro atoms. The average Bonchev–Trinajstić information content (AvgIpc) is 2.99. The van der Waals surface area contributed by atoms with Crippen molar-refractivity contribution in [1.29, 1.82) is 0 Å². The molecule has 0 saturated heterocycles. The number of thiazole rings is 1. The van der Waals surface area contributed by atoms with Crippen LogP contribution < -0.4 is 10.6 Å². The summed E-state index contributed by atoms with van der Waals surface area (Å²) in [7, 11) is 0. The van der Waals surface area contributed by atoms with E-state index in [4.69, 9.17) is 0 Å². The van der Waals surface area contributed by atoms with E-state index in [1.807, 2.05) is 26.0 Å². The van der Waals surface area contributed by atoms with Gasteiger partial charge in [0.1, 0.15) is 0 Å². The molecule has 1 aromatic carbocycles. The number of hydrogen-bond donors (Lipinski definition) is 2. The van der Waals surface area contributed by atoms with Crippen LogP contribution in [-0.2, 0) is 11.2 Å². The van der Waals surface area contributed by atoms with Crippen LogP contribution in [0.3, 0.4) is 0 Å². The van der Waals surface area contributed by atoms with E-state index in [2.05, 4.69) is 44.6 Å². The monoisotopic (exact) mass is 369 g/mol. The number of nitrogens with one attached hydrogen (secondary N) is 2. The van der Waals surface area contributed by atoms with Gasteiger partial charge in [-0.25, -0.2) is 15.0 Å². The first-order chi connectivity index (χ1) is 12.5. The van der Waals surface area contributed by atoms with Crippen molar-refractivity contribution in [3.63, 3.8) is 0 Å². The lowest BCUT2D eigenvalue weighted by Crippen LogP contribution is -2.14. The van der Waals surface area contributed by atoms with Crippen LogP contribution in [0.15, 0.2) is 24.3 Å². The van der Waals surface area contributed by atoms with Crippen LogP contribution in [0, 0.1) is 13.8 Å². The van der Waals surface area contributed by atoms with Gasteiger partial charge in [0, 0.05) is 24.4 Å². The number of rotatable bonds is 7. The fraction of sp³-hybridized carbons (Fsp3) is 0.368. The van der Waals surface area contributed by atoms with E-state index in [1.165, 1.54) is 16.9 Å². The minimum absolute atomic E-state index is 0.0251. The molecule has 0 radical (unpaired) electrons. The molecule has 1 amide bonds. The van der Waals surface area contributed by atoms with E-state index in [9.17, 15) is 4.79 Å². The number of aromatic nitrogens is 3.